The molecule has 1 aromatic heterocycles. The highest BCUT2D eigenvalue weighted by molar-refractivity contribution is 8.01. The number of benzene rings is 2. The lowest BCUT2D eigenvalue weighted by molar-refractivity contribution is 0.434. The second-order valence-electron chi connectivity index (χ2n) is 6.19. The first kappa shape index (κ1) is 17.3. The fourth-order valence-electron chi connectivity index (χ4n) is 3.02. The summed E-state index contributed by atoms with van der Waals surface area (Å²) in [6.07, 6.45) is 3.52. The highest BCUT2D eigenvalue weighted by atomic mass is 32.2. The summed E-state index contributed by atoms with van der Waals surface area (Å²) in [4.78, 5) is 0.313. The van der Waals surface area contributed by atoms with Crippen molar-refractivity contribution in [2.24, 2.45) is 0 Å². The standard InChI is InChI=1S/C19H19N3O2S2/c1-15-3-5-16(6-4-15)19-22(13-14-25-19)26(23,24)18-9-7-17(8-10-18)21-12-2-11-20-21/h2-12,19H,13-14H2,1H3. The Hall–Kier alpha value is -2.09. The van der Waals surface area contributed by atoms with E-state index in [1.807, 2.05) is 43.5 Å². The molecule has 1 fully saturated rings. The number of rotatable bonds is 4. The third kappa shape index (κ3) is 3.18. The molecule has 5 nitrogen and oxygen atoms in total. The Morgan fingerprint density at radius 3 is 2.46 bits per heavy atom. The summed E-state index contributed by atoms with van der Waals surface area (Å²) in [5.41, 5.74) is 3.02. The zero-order valence-electron chi connectivity index (χ0n) is 14.3. The number of sulfonamides is 1. The van der Waals surface area contributed by atoms with Crippen molar-refractivity contribution >= 4 is 21.8 Å². The summed E-state index contributed by atoms with van der Waals surface area (Å²) in [6, 6.07) is 16.8. The van der Waals surface area contributed by atoms with E-state index in [1.54, 1.807) is 51.2 Å². The zero-order valence-corrected chi connectivity index (χ0v) is 16.0. The fraction of sp³-hybridized carbons (Fsp3) is 0.211. The Morgan fingerprint density at radius 1 is 1.08 bits per heavy atom. The van der Waals surface area contributed by atoms with Crippen molar-refractivity contribution in [2.45, 2.75) is 17.2 Å². The van der Waals surface area contributed by atoms with E-state index in [9.17, 15) is 8.42 Å². The van der Waals surface area contributed by atoms with Crippen LogP contribution in [0.2, 0.25) is 0 Å². The van der Waals surface area contributed by atoms with Gasteiger partial charge in [0.1, 0.15) is 0 Å². The number of aromatic nitrogens is 2. The summed E-state index contributed by atoms with van der Waals surface area (Å²) in [5, 5.41) is 3.99. The maximum atomic E-state index is 13.2. The molecule has 3 aromatic rings. The van der Waals surface area contributed by atoms with E-state index in [0.29, 0.717) is 11.4 Å². The molecule has 26 heavy (non-hydrogen) atoms. The highest BCUT2D eigenvalue weighted by Gasteiger charge is 2.36. The van der Waals surface area contributed by atoms with Crippen molar-refractivity contribution < 1.29 is 8.42 Å². The van der Waals surface area contributed by atoms with Crippen LogP contribution in [0.5, 0.6) is 0 Å². The van der Waals surface area contributed by atoms with Crippen LogP contribution < -0.4 is 0 Å². The Kier molecular flexibility index (Phi) is 4.60. The smallest absolute Gasteiger partial charge is 0.241 e. The summed E-state index contributed by atoms with van der Waals surface area (Å²) in [6.45, 7) is 2.55. The summed E-state index contributed by atoms with van der Waals surface area (Å²) >= 11 is 1.66. The summed E-state index contributed by atoms with van der Waals surface area (Å²) < 4.78 is 29.7. The van der Waals surface area contributed by atoms with Crippen LogP contribution in [0.15, 0.2) is 71.9 Å². The van der Waals surface area contributed by atoms with Crippen LogP contribution in [-0.4, -0.2) is 34.8 Å². The lowest BCUT2D eigenvalue weighted by Gasteiger charge is -2.23. The van der Waals surface area contributed by atoms with Gasteiger partial charge in [-0.1, -0.05) is 29.8 Å². The van der Waals surface area contributed by atoms with Crippen LogP contribution in [0.4, 0.5) is 0 Å². The first-order valence-electron chi connectivity index (χ1n) is 8.36. The molecule has 1 aliphatic heterocycles. The predicted octanol–water partition coefficient (Wildman–Crippen LogP) is 3.62. The van der Waals surface area contributed by atoms with E-state index in [-0.39, 0.29) is 5.37 Å². The maximum Gasteiger partial charge on any atom is 0.244 e. The van der Waals surface area contributed by atoms with Crippen molar-refractivity contribution in [3.05, 3.63) is 78.1 Å². The van der Waals surface area contributed by atoms with Gasteiger partial charge >= 0.3 is 0 Å². The minimum atomic E-state index is -3.55. The van der Waals surface area contributed by atoms with Crippen LogP contribution in [0, 0.1) is 6.92 Å². The van der Waals surface area contributed by atoms with E-state index in [1.165, 1.54) is 5.56 Å². The predicted molar refractivity (Wildman–Crippen MR) is 104 cm³/mol. The number of hydrogen-bond acceptors (Lipinski definition) is 4. The fourth-order valence-corrected chi connectivity index (χ4v) is 6.26. The van der Waals surface area contributed by atoms with E-state index in [4.69, 9.17) is 0 Å². The van der Waals surface area contributed by atoms with Crippen LogP contribution in [0.3, 0.4) is 0 Å². The summed E-state index contributed by atoms with van der Waals surface area (Å²) in [7, 11) is -3.55. The topological polar surface area (TPSA) is 55.2 Å². The molecular formula is C19H19N3O2S2. The number of nitrogens with zero attached hydrogens (tertiary/aromatic N) is 3. The van der Waals surface area contributed by atoms with Crippen molar-refractivity contribution in [3.63, 3.8) is 0 Å². The first-order chi connectivity index (χ1) is 12.6. The minimum Gasteiger partial charge on any atom is -0.241 e. The van der Waals surface area contributed by atoms with E-state index < -0.39 is 10.0 Å². The van der Waals surface area contributed by atoms with Crippen LogP contribution in [0.1, 0.15) is 16.5 Å². The molecule has 4 rings (SSSR count). The molecule has 1 unspecified atom stereocenters. The Balaban J connectivity index is 1.64. The lowest BCUT2D eigenvalue weighted by atomic mass is 10.1. The van der Waals surface area contributed by atoms with Crippen molar-refractivity contribution in [1.29, 1.82) is 0 Å². The molecule has 2 aromatic carbocycles. The molecule has 0 radical (unpaired) electrons. The molecule has 0 aliphatic carbocycles. The van der Waals surface area contributed by atoms with Gasteiger partial charge in [-0.15, -0.1) is 11.8 Å². The molecule has 0 bridgehead atoms. The Morgan fingerprint density at radius 2 is 1.81 bits per heavy atom. The van der Waals surface area contributed by atoms with E-state index >= 15 is 0 Å². The number of aryl methyl sites for hydroxylation is 1. The molecular weight excluding hydrogens is 366 g/mol. The largest absolute Gasteiger partial charge is 0.244 e. The van der Waals surface area contributed by atoms with Crippen LogP contribution in [0.25, 0.3) is 5.69 Å². The molecule has 0 amide bonds. The van der Waals surface area contributed by atoms with Gasteiger partial charge in [-0.05, 0) is 42.8 Å². The molecule has 1 saturated heterocycles. The quantitative estimate of drug-likeness (QED) is 0.688. The molecule has 0 spiro atoms. The van der Waals surface area contributed by atoms with E-state index in [2.05, 4.69) is 5.10 Å². The van der Waals surface area contributed by atoms with E-state index in [0.717, 1.165) is 17.0 Å². The third-order valence-electron chi connectivity index (χ3n) is 4.42. The molecule has 1 atom stereocenters. The average Bonchev–Trinajstić information content (AvgIpc) is 3.35. The van der Waals surface area contributed by atoms with Crippen LogP contribution >= 0.6 is 11.8 Å². The SMILES string of the molecule is Cc1ccc(C2SCCN2S(=O)(=O)c2ccc(-n3cccn3)cc2)cc1. The van der Waals surface area contributed by atoms with Gasteiger partial charge in [0.05, 0.1) is 16.0 Å². The zero-order chi connectivity index (χ0) is 18.1. The van der Waals surface area contributed by atoms with Gasteiger partial charge in [-0.3, -0.25) is 0 Å². The third-order valence-corrected chi connectivity index (χ3v) is 7.70. The Labute approximate surface area is 157 Å². The maximum absolute atomic E-state index is 13.2. The van der Waals surface area contributed by atoms with Crippen LogP contribution in [-0.2, 0) is 10.0 Å². The molecule has 0 saturated carbocycles. The van der Waals surface area contributed by atoms with Crippen molar-refractivity contribution in [1.82, 2.24) is 14.1 Å². The molecule has 0 N–H and O–H groups in total. The second-order valence-corrected chi connectivity index (χ2v) is 9.27. The minimum absolute atomic E-state index is 0.175. The average molecular weight is 386 g/mol. The van der Waals surface area contributed by atoms with Gasteiger partial charge in [0.25, 0.3) is 0 Å². The number of thioether (sulfide) groups is 1. The highest BCUT2D eigenvalue weighted by Crippen LogP contribution is 2.41. The second kappa shape index (κ2) is 6.90. The molecule has 7 heteroatoms. The van der Waals surface area contributed by atoms with Gasteiger partial charge in [0.2, 0.25) is 10.0 Å². The Bertz CT molecular complexity index is 982. The van der Waals surface area contributed by atoms with Gasteiger partial charge in [0.15, 0.2) is 0 Å². The van der Waals surface area contributed by atoms with Crippen molar-refractivity contribution in [2.75, 3.05) is 12.3 Å². The van der Waals surface area contributed by atoms with Gasteiger partial charge in [-0.25, -0.2) is 13.1 Å². The first-order valence-corrected chi connectivity index (χ1v) is 10.8. The summed E-state index contributed by atoms with van der Waals surface area (Å²) in [5.74, 6) is 0.795. The molecule has 2 heterocycles. The molecule has 134 valence electrons. The van der Waals surface area contributed by atoms with Gasteiger partial charge in [-0.2, -0.15) is 9.40 Å². The number of hydrogen-bond donors (Lipinski definition) is 0. The normalized spacial score (nSPS) is 18.3. The van der Waals surface area contributed by atoms with Gasteiger partial charge in [0, 0.05) is 24.7 Å². The van der Waals surface area contributed by atoms with Gasteiger partial charge < -0.3 is 0 Å². The van der Waals surface area contributed by atoms with Crippen molar-refractivity contribution in [3.8, 4) is 5.69 Å². The monoisotopic (exact) mass is 385 g/mol. The lowest BCUT2D eigenvalue weighted by Crippen LogP contribution is -2.30. The molecule has 1 aliphatic rings.